The van der Waals surface area contributed by atoms with Gasteiger partial charge in [0.1, 0.15) is 11.1 Å². The molecule has 0 aromatic carbocycles. The largest absolute Gasteiger partial charge is 0.480 e. The Hall–Kier alpha value is -1.39. The molecule has 0 spiro atoms. The summed E-state index contributed by atoms with van der Waals surface area (Å²) in [5.41, 5.74) is -2.75. The summed E-state index contributed by atoms with van der Waals surface area (Å²) in [5.74, 6) is -1.63. The van der Waals surface area contributed by atoms with Crippen LogP contribution in [0.1, 0.15) is 33.6 Å². The van der Waals surface area contributed by atoms with E-state index in [2.05, 4.69) is 5.16 Å². The zero-order valence-corrected chi connectivity index (χ0v) is 9.57. The van der Waals surface area contributed by atoms with Crippen molar-refractivity contribution >= 4 is 17.5 Å². The van der Waals surface area contributed by atoms with E-state index in [1.807, 2.05) is 0 Å². The van der Waals surface area contributed by atoms with E-state index in [4.69, 9.17) is 5.21 Å². The van der Waals surface area contributed by atoms with E-state index in [0.717, 1.165) is 0 Å². The van der Waals surface area contributed by atoms with Crippen LogP contribution in [0.25, 0.3) is 0 Å². The van der Waals surface area contributed by atoms with Crippen LogP contribution in [0, 0.1) is 16.2 Å². The van der Waals surface area contributed by atoms with Crippen molar-refractivity contribution in [1.29, 1.82) is 0 Å². The Kier molecular flexibility index (Phi) is 1.84. The quantitative estimate of drug-likeness (QED) is 0.400. The zero-order chi connectivity index (χ0) is 12.4. The molecule has 2 N–H and O–H groups in total. The molecule has 2 saturated carbocycles. The van der Waals surface area contributed by atoms with Crippen molar-refractivity contribution in [2.75, 3.05) is 0 Å². The molecule has 0 heterocycles. The maximum atomic E-state index is 12.1. The highest BCUT2D eigenvalue weighted by Crippen LogP contribution is 2.69. The van der Waals surface area contributed by atoms with Crippen LogP contribution >= 0.6 is 0 Å². The summed E-state index contributed by atoms with van der Waals surface area (Å²) in [5, 5.41) is 21.3. The molecule has 0 amide bonds. The van der Waals surface area contributed by atoms with Crippen LogP contribution < -0.4 is 0 Å². The molecule has 0 radical (unpaired) electrons. The van der Waals surface area contributed by atoms with Gasteiger partial charge in [0.25, 0.3) is 0 Å². The van der Waals surface area contributed by atoms with E-state index < -0.39 is 28.0 Å². The Balaban J connectivity index is 2.75. The third kappa shape index (κ3) is 0.750. The number of carboxylic acids is 1. The zero-order valence-electron chi connectivity index (χ0n) is 9.57. The van der Waals surface area contributed by atoms with Crippen LogP contribution in [0.15, 0.2) is 5.16 Å². The lowest BCUT2D eigenvalue weighted by molar-refractivity contribution is -0.158. The first-order chi connectivity index (χ1) is 7.25. The van der Waals surface area contributed by atoms with E-state index in [1.54, 1.807) is 20.8 Å². The Morgan fingerprint density at radius 2 is 1.88 bits per heavy atom. The van der Waals surface area contributed by atoms with Gasteiger partial charge in [0.2, 0.25) is 0 Å². The van der Waals surface area contributed by atoms with E-state index in [1.165, 1.54) is 0 Å². The highest BCUT2D eigenvalue weighted by Gasteiger charge is 2.77. The molecule has 16 heavy (non-hydrogen) atoms. The van der Waals surface area contributed by atoms with Crippen molar-refractivity contribution < 1.29 is 19.9 Å². The molecule has 2 aliphatic carbocycles. The van der Waals surface area contributed by atoms with Gasteiger partial charge in [-0.25, -0.2) is 0 Å². The molecule has 88 valence electrons. The predicted molar refractivity (Wildman–Crippen MR) is 55.4 cm³/mol. The van der Waals surface area contributed by atoms with Gasteiger partial charge >= 0.3 is 5.97 Å². The Bertz CT molecular complexity index is 426. The van der Waals surface area contributed by atoms with Crippen molar-refractivity contribution in [3.63, 3.8) is 0 Å². The van der Waals surface area contributed by atoms with Crippen molar-refractivity contribution in [1.82, 2.24) is 0 Å². The van der Waals surface area contributed by atoms with Gasteiger partial charge in [-0.2, -0.15) is 0 Å². The van der Waals surface area contributed by atoms with E-state index in [9.17, 15) is 14.7 Å². The van der Waals surface area contributed by atoms with Gasteiger partial charge in [-0.15, -0.1) is 0 Å². The first-order valence-electron chi connectivity index (χ1n) is 5.26. The standard InChI is InChI=1S/C11H15NO4/c1-9(2)10(3)4-5-11(9,8(14)15)7(13)6(10)12-16/h16H,4-5H2,1-3H3,(H,14,15)/b12-6+. The summed E-state index contributed by atoms with van der Waals surface area (Å²) in [7, 11) is 0. The molecular formula is C11H15NO4. The van der Waals surface area contributed by atoms with E-state index >= 15 is 0 Å². The summed E-state index contributed by atoms with van der Waals surface area (Å²) in [6, 6.07) is 0. The predicted octanol–water partition coefficient (Wildman–Crippen LogP) is 1.30. The van der Waals surface area contributed by atoms with Crippen LogP contribution in [-0.2, 0) is 9.59 Å². The molecule has 2 fully saturated rings. The van der Waals surface area contributed by atoms with Crippen molar-refractivity contribution in [3.05, 3.63) is 0 Å². The monoisotopic (exact) mass is 225 g/mol. The van der Waals surface area contributed by atoms with E-state index in [0.29, 0.717) is 12.8 Å². The number of carbonyl (C=O) groups is 2. The third-order valence-electron chi connectivity index (χ3n) is 5.04. The van der Waals surface area contributed by atoms with Gasteiger partial charge in [0.05, 0.1) is 0 Å². The third-order valence-corrected chi connectivity index (χ3v) is 5.04. The average molecular weight is 225 g/mol. The van der Waals surface area contributed by atoms with Crippen molar-refractivity contribution in [2.24, 2.45) is 21.4 Å². The normalized spacial score (nSPS) is 42.9. The molecule has 2 unspecified atom stereocenters. The number of hydrogen-bond donors (Lipinski definition) is 2. The minimum Gasteiger partial charge on any atom is -0.480 e. The summed E-state index contributed by atoms with van der Waals surface area (Å²) in [6.07, 6.45) is 0.890. The van der Waals surface area contributed by atoms with Crippen LogP contribution in [0.3, 0.4) is 0 Å². The minimum atomic E-state index is -1.41. The number of fused-ring (bicyclic) bond motifs is 2. The number of ketones is 1. The van der Waals surface area contributed by atoms with Crippen molar-refractivity contribution in [2.45, 2.75) is 33.6 Å². The minimum absolute atomic E-state index is 0.0196. The van der Waals surface area contributed by atoms with Gasteiger partial charge in [-0.1, -0.05) is 25.9 Å². The van der Waals surface area contributed by atoms with Gasteiger partial charge in [0.15, 0.2) is 5.78 Å². The number of hydrogen-bond acceptors (Lipinski definition) is 4. The maximum Gasteiger partial charge on any atom is 0.318 e. The Morgan fingerprint density at radius 3 is 2.19 bits per heavy atom. The number of carboxylic acid groups (broad SMARTS) is 1. The maximum absolute atomic E-state index is 12.1. The first kappa shape index (κ1) is 11.1. The van der Waals surface area contributed by atoms with Gasteiger partial charge in [-0.3, -0.25) is 9.59 Å². The van der Waals surface area contributed by atoms with Gasteiger partial charge in [-0.05, 0) is 18.3 Å². The van der Waals surface area contributed by atoms with Crippen LogP contribution in [-0.4, -0.2) is 27.8 Å². The highest BCUT2D eigenvalue weighted by molar-refractivity contribution is 6.50. The lowest BCUT2D eigenvalue weighted by Crippen LogP contribution is -2.44. The topological polar surface area (TPSA) is 87.0 Å². The highest BCUT2D eigenvalue weighted by atomic mass is 16.4. The fourth-order valence-electron chi connectivity index (χ4n) is 3.43. The summed E-state index contributed by atoms with van der Waals surface area (Å²) >= 11 is 0. The molecule has 5 nitrogen and oxygen atoms in total. The smallest absolute Gasteiger partial charge is 0.318 e. The number of Topliss-reactive ketones (excluding diaryl/α,β-unsaturated/α-hetero) is 1. The van der Waals surface area contributed by atoms with Gasteiger partial charge in [0, 0.05) is 5.41 Å². The first-order valence-corrected chi connectivity index (χ1v) is 5.26. The molecule has 0 aromatic rings. The number of aliphatic carboxylic acids is 1. The molecule has 2 rings (SSSR count). The number of carbonyl (C=O) groups excluding carboxylic acids is 1. The fraction of sp³-hybridized carbons (Fsp3) is 0.727. The van der Waals surface area contributed by atoms with Gasteiger partial charge < -0.3 is 10.3 Å². The van der Waals surface area contributed by atoms with Crippen LogP contribution in [0.5, 0.6) is 0 Å². The molecule has 2 aliphatic rings. The number of rotatable bonds is 1. The molecule has 5 heteroatoms. The van der Waals surface area contributed by atoms with Crippen molar-refractivity contribution in [3.8, 4) is 0 Å². The fourth-order valence-corrected chi connectivity index (χ4v) is 3.43. The van der Waals surface area contributed by atoms with Crippen LogP contribution in [0.2, 0.25) is 0 Å². The number of oxime groups is 1. The molecule has 0 aromatic heterocycles. The Labute approximate surface area is 93.1 Å². The van der Waals surface area contributed by atoms with E-state index in [-0.39, 0.29) is 5.71 Å². The molecular weight excluding hydrogens is 210 g/mol. The second-order valence-corrected chi connectivity index (χ2v) is 5.45. The molecule has 0 saturated heterocycles. The Morgan fingerprint density at radius 1 is 1.31 bits per heavy atom. The lowest BCUT2D eigenvalue weighted by atomic mass is 9.65. The molecule has 2 atom stereocenters. The summed E-state index contributed by atoms with van der Waals surface area (Å²) in [6.45, 7) is 5.34. The SMILES string of the molecule is CC12CCC(C(=O)O)(C(=O)/C1=N\O)C2(C)C. The lowest BCUT2D eigenvalue weighted by Gasteiger charge is -2.35. The second kappa shape index (κ2) is 2.64. The van der Waals surface area contributed by atoms with Crippen LogP contribution in [0.4, 0.5) is 0 Å². The summed E-state index contributed by atoms with van der Waals surface area (Å²) in [4.78, 5) is 23.6. The second-order valence-electron chi connectivity index (χ2n) is 5.45. The average Bonchev–Trinajstić information content (AvgIpc) is 2.44. The molecule has 0 aliphatic heterocycles. The molecule has 2 bridgehead atoms. The number of nitrogens with zero attached hydrogens (tertiary/aromatic N) is 1. The summed E-state index contributed by atoms with van der Waals surface area (Å²) < 4.78 is 0.